The highest BCUT2D eigenvalue weighted by atomic mass is 32.2. The number of rotatable bonds is 5. The molecular weight excluding hydrogens is 270 g/mol. The molecule has 1 aromatic heterocycles. The van der Waals surface area contributed by atoms with Crippen LogP contribution in [-0.2, 0) is 0 Å². The molecule has 2 unspecified atom stereocenters. The number of hydrogen-bond donors (Lipinski definition) is 1. The van der Waals surface area contributed by atoms with Gasteiger partial charge in [-0.1, -0.05) is 62.6 Å². The third-order valence-electron chi connectivity index (χ3n) is 2.50. The molecule has 1 heterocycles. The zero-order valence-electron chi connectivity index (χ0n) is 11.1. The van der Waals surface area contributed by atoms with E-state index in [4.69, 9.17) is 5.73 Å². The van der Waals surface area contributed by atoms with Crippen LogP contribution in [0.5, 0.6) is 0 Å². The van der Waals surface area contributed by atoms with Crippen molar-refractivity contribution < 1.29 is 0 Å². The molecule has 3 nitrogen and oxygen atoms in total. The first kappa shape index (κ1) is 15.3. The molecule has 1 aromatic rings. The van der Waals surface area contributed by atoms with Crippen molar-refractivity contribution in [1.29, 1.82) is 0 Å². The van der Waals surface area contributed by atoms with Crippen molar-refractivity contribution in [3.63, 3.8) is 0 Å². The molecule has 2 atom stereocenters. The second-order valence-electron chi connectivity index (χ2n) is 5.01. The van der Waals surface area contributed by atoms with Gasteiger partial charge in [0.25, 0.3) is 0 Å². The van der Waals surface area contributed by atoms with Gasteiger partial charge in [-0.25, -0.2) is 0 Å². The monoisotopic (exact) mass is 291 g/mol. The molecule has 0 amide bonds. The van der Waals surface area contributed by atoms with Crippen LogP contribution in [-0.4, -0.2) is 27.7 Å². The Morgan fingerprint density at radius 2 is 1.88 bits per heavy atom. The van der Waals surface area contributed by atoms with Crippen LogP contribution in [0.15, 0.2) is 8.68 Å². The highest BCUT2D eigenvalue weighted by molar-refractivity contribution is 8.03. The van der Waals surface area contributed by atoms with Crippen LogP contribution in [0, 0.1) is 5.41 Å². The van der Waals surface area contributed by atoms with Crippen molar-refractivity contribution >= 4 is 34.9 Å². The molecule has 0 aromatic carbocycles. The Bertz CT molecular complexity index is 346. The van der Waals surface area contributed by atoms with Crippen molar-refractivity contribution in [3.05, 3.63) is 0 Å². The number of aromatic nitrogens is 2. The predicted molar refractivity (Wildman–Crippen MR) is 79.1 cm³/mol. The van der Waals surface area contributed by atoms with Crippen LogP contribution in [0.3, 0.4) is 0 Å². The molecule has 0 fully saturated rings. The van der Waals surface area contributed by atoms with Gasteiger partial charge in [0.2, 0.25) is 0 Å². The maximum atomic E-state index is 6.22. The third-order valence-corrected chi connectivity index (χ3v) is 6.33. The molecule has 0 aliphatic carbocycles. The Balaban J connectivity index is 2.79. The topological polar surface area (TPSA) is 51.8 Å². The van der Waals surface area contributed by atoms with Crippen molar-refractivity contribution in [2.75, 3.05) is 6.26 Å². The third kappa shape index (κ3) is 4.43. The van der Waals surface area contributed by atoms with E-state index in [0.29, 0.717) is 5.25 Å². The Kier molecular flexibility index (Phi) is 5.76. The summed E-state index contributed by atoms with van der Waals surface area (Å²) in [7, 11) is 0. The summed E-state index contributed by atoms with van der Waals surface area (Å²) < 4.78 is 2.04. The van der Waals surface area contributed by atoms with Crippen LogP contribution in [0.25, 0.3) is 0 Å². The van der Waals surface area contributed by atoms with Crippen LogP contribution in [0.1, 0.15) is 34.1 Å². The fraction of sp³-hybridized carbons (Fsp3) is 0.818. The fourth-order valence-electron chi connectivity index (χ4n) is 1.56. The Morgan fingerprint density at radius 1 is 1.29 bits per heavy atom. The SMILES string of the molecule is CCC(N)C(Sc1nnc(SC)s1)C(C)(C)C. The van der Waals surface area contributed by atoms with Gasteiger partial charge in [-0.15, -0.1) is 10.2 Å². The molecule has 17 heavy (non-hydrogen) atoms. The van der Waals surface area contributed by atoms with Gasteiger partial charge in [-0.3, -0.25) is 0 Å². The first-order valence-electron chi connectivity index (χ1n) is 5.68. The van der Waals surface area contributed by atoms with Crippen molar-refractivity contribution in [2.24, 2.45) is 11.1 Å². The van der Waals surface area contributed by atoms with Crippen LogP contribution in [0.4, 0.5) is 0 Å². The van der Waals surface area contributed by atoms with Crippen LogP contribution < -0.4 is 5.73 Å². The van der Waals surface area contributed by atoms with E-state index < -0.39 is 0 Å². The maximum Gasteiger partial charge on any atom is 0.175 e. The molecular formula is C11H21N3S3. The maximum absolute atomic E-state index is 6.22. The molecule has 0 aliphatic rings. The van der Waals surface area contributed by atoms with E-state index in [1.807, 2.05) is 6.26 Å². The minimum atomic E-state index is 0.172. The minimum absolute atomic E-state index is 0.172. The minimum Gasteiger partial charge on any atom is -0.327 e. The van der Waals surface area contributed by atoms with E-state index in [2.05, 4.69) is 37.9 Å². The highest BCUT2D eigenvalue weighted by Crippen LogP contribution is 2.39. The van der Waals surface area contributed by atoms with Crippen molar-refractivity contribution in [3.8, 4) is 0 Å². The van der Waals surface area contributed by atoms with Gasteiger partial charge in [0.1, 0.15) is 0 Å². The van der Waals surface area contributed by atoms with Gasteiger partial charge in [0, 0.05) is 11.3 Å². The Morgan fingerprint density at radius 3 is 2.29 bits per heavy atom. The summed E-state index contributed by atoms with van der Waals surface area (Å²) in [6.45, 7) is 8.83. The zero-order chi connectivity index (χ0) is 13.1. The standard InChI is InChI=1S/C11H21N3S3/c1-6-7(12)8(11(2,3)4)16-10-14-13-9(15-5)17-10/h7-8H,6,12H2,1-5H3. The molecule has 2 N–H and O–H groups in total. The number of nitrogens with two attached hydrogens (primary N) is 1. The molecule has 0 saturated carbocycles. The molecule has 0 saturated heterocycles. The summed E-state index contributed by atoms with van der Waals surface area (Å²) in [5, 5.41) is 8.71. The van der Waals surface area contributed by atoms with Gasteiger partial charge in [0.05, 0.1) is 0 Å². The van der Waals surface area contributed by atoms with Crippen molar-refractivity contribution in [2.45, 2.75) is 54.1 Å². The summed E-state index contributed by atoms with van der Waals surface area (Å²) in [6, 6.07) is 0.196. The molecule has 0 radical (unpaired) electrons. The first-order valence-corrected chi connectivity index (χ1v) is 8.60. The number of nitrogens with zero attached hydrogens (tertiary/aromatic N) is 2. The summed E-state index contributed by atoms with van der Waals surface area (Å²) in [5.41, 5.74) is 6.39. The average molecular weight is 292 g/mol. The van der Waals surface area contributed by atoms with E-state index in [-0.39, 0.29) is 11.5 Å². The first-order chi connectivity index (χ1) is 7.88. The summed E-state index contributed by atoms with van der Waals surface area (Å²) in [4.78, 5) is 0. The molecule has 6 heteroatoms. The molecule has 0 aliphatic heterocycles. The number of hydrogen-bond acceptors (Lipinski definition) is 6. The summed E-state index contributed by atoms with van der Waals surface area (Å²) in [6.07, 6.45) is 3.01. The lowest BCUT2D eigenvalue weighted by atomic mass is 9.87. The zero-order valence-corrected chi connectivity index (χ0v) is 13.5. The van der Waals surface area contributed by atoms with Crippen LogP contribution >= 0.6 is 34.9 Å². The van der Waals surface area contributed by atoms with Gasteiger partial charge in [0.15, 0.2) is 8.68 Å². The second-order valence-corrected chi connectivity index (χ2v) is 8.43. The molecule has 0 bridgehead atoms. The smallest absolute Gasteiger partial charge is 0.175 e. The molecule has 0 spiro atoms. The van der Waals surface area contributed by atoms with E-state index in [1.54, 1.807) is 34.9 Å². The number of thioether (sulfide) groups is 2. The van der Waals surface area contributed by atoms with Crippen molar-refractivity contribution in [1.82, 2.24) is 10.2 Å². The lowest BCUT2D eigenvalue weighted by molar-refractivity contribution is 0.350. The van der Waals surface area contributed by atoms with Gasteiger partial charge in [-0.05, 0) is 18.1 Å². The summed E-state index contributed by atoms with van der Waals surface area (Å²) in [5.74, 6) is 0. The van der Waals surface area contributed by atoms with E-state index in [0.717, 1.165) is 15.1 Å². The van der Waals surface area contributed by atoms with E-state index in [9.17, 15) is 0 Å². The Labute approximate surface area is 116 Å². The molecule has 1 rings (SSSR count). The predicted octanol–water partition coefficient (Wildman–Crippen LogP) is 3.50. The quantitative estimate of drug-likeness (QED) is 0.841. The lowest BCUT2D eigenvalue weighted by Crippen LogP contribution is -2.40. The van der Waals surface area contributed by atoms with Gasteiger partial charge < -0.3 is 5.73 Å². The second kappa shape index (κ2) is 6.41. The summed E-state index contributed by atoms with van der Waals surface area (Å²) >= 11 is 5.06. The van der Waals surface area contributed by atoms with E-state index >= 15 is 0 Å². The van der Waals surface area contributed by atoms with Crippen LogP contribution in [0.2, 0.25) is 0 Å². The van der Waals surface area contributed by atoms with Gasteiger partial charge in [-0.2, -0.15) is 0 Å². The normalized spacial score (nSPS) is 15.9. The average Bonchev–Trinajstić information content (AvgIpc) is 2.71. The fourth-order valence-corrected chi connectivity index (χ4v) is 4.49. The highest BCUT2D eigenvalue weighted by Gasteiger charge is 2.31. The van der Waals surface area contributed by atoms with Gasteiger partial charge >= 0.3 is 0 Å². The molecule has 98 valence electrons. The van der Waals surface area contributed by atoms with E-state index in [1.165, 1.54) is 0 Å². The largest absolute Gasteiger partial charge is 0.327 e. The lowest BCUT2D eigenvalue weighted by Gasteiger charge is -2.33. The Hall–Kier alpha value is 0.220.